The number of methoxy groups -OCH3 is 1. The highest BCUT2D eigenvalue weighted by Crippen LogP contribution is 2.30. The molecule has 1 atom stereocenters. The molecule has 1 aromatic heterocycles. The number of benzene rings is 1. The Hall–Kier alpha value is -2.03. The minimum absolute atomic E-state index is 0.0444. The average molecular weight is 388 g/mol. The normalized spacial score (nSPS) is 21.2. The number of hydrogen-bond donors (Lipinski definition) is 0. The number of rotatable bonds is 4. The molecule has 7 nitrogen and oxygen atoms in total. The molecular weight excluding hydrogens is 364 g/mol. The third-order valence-corrected chi connectivity index (χ3v) is 7.24. The Morgan fingerprint density at radius 1 is 1.19 bits per heavy atom. The van der Waals surface area contributed by atoms with Crippen LogP contribution in [-0.2, 0) is 23.0 Å². The van der Waals surface area contributed by atoms with Crippen LogP contribution < -0.4 is 4.74 Å². The summed E-state index contributed by atoms with van der Waals surface area (Å²) in [4.78, 5) is 11.9. The van der Waals surface area contributed by atoms with Crippen LogP contribution in [0.5, 0.6) is 5.75 Å². The fourth-order valence-corrected chi connectivity index (χ4v) is 5.22. The van der Waals surface area contributed by atoms with Gasteiger partial charge in [0.15, 0.2) is 0 Å². The molecular formula is C19H24N4O3S. The smallest absolute Gasteiger partial charge is 0.243 e. The number of fused-ring (bicyclic) bond motifs is 1. The maximum atomic E-state index is 12.9. The molecule has 3 heterocycles. The Labute approximate surface area is 160 Å². The number of sulfonamides is 1. The zero-order valence-electron chi connectivity index (χ0n) is 15.6. The van der Waals surface area contributed by atoms with Crippen LogP contribution in [0.2, 0.25) is 0 Å². The lowest BCUT2D eigenvalue weighted by molar-refractivity contribution is 0.308. The summed E-state index contributed by atoms with van der Waals surface area (Å²) in [7, 11) is 0.140. The summed E-state index contributed by atoms with van der Waals surface area (Å²) in [6, 6.07) is 6.52. The fourth-order valence-electron chi connectivity index (χ4n) is 3.72. The van der Waals surface area contributed by atoms with E-state index in [0.717, 1.165) is 37.4 Å². The van der Waals surface area contributed by atoms with Gasteiger partial charge in [0.2, 0.25) is 10.0 Å². The van der Waals surface area contributed by atoms with E-state index in [9.17, 15) is 8.42 Å². The molecule has 1 fully saturated rings. The molecule has 2 aliphatic rings. The standard InChI is InChI=1S/C19H24N4O3S/c1-22-9-8-18-15(12-22)11-20-19(21-18)14-7-10-23(13-14)27(24,25)17-5-3-16(26-2)4-6-17/h3-6,11,14H,7-10,12-13H2,1-2H3/t14-/m0/s1. The minimum Gasteiger partial charge on any atom is -0.497 e. The molecule has 0 saturated carbocycles. The first-order valence-corrected chi connectivity index (χ1v) is 10.6. The van der Waals surface area contributed by atoms with Gasteiger partial charge in [-0.25, -0.2) is 18.4 Å². The molecule has 0 spiro atoms. The van der Waals surface area contributed by atoms with Crippen LogP contribution in [0.3, 0.4) is 0 Å². The highest BCUT2D eigenvalue weighted by atomic mass is 32.2. The number of nitrogens with zero attached hydrogens (tertiary/aromatic N) is 4. The topological polar surface area (TPSA) is 75.6 Å². The largest absolute Gasteiger partial charge is 0.497 e. The second-order valence-electron chi connectivity index (χ2n) is 7.21. The van der Waals surface area contributed by atoms with Crippen molar-refractivity contribution in [3.05, 3.63) is 47.5 Å². The molecule has 0 amide bonds. The van der Waals surface area contributed by atoms with Crippen molar-refractivity contribution in [2.45, 2.75) is 30.2 Å². The van der Waals surface area contributed by atoms with Crippen LogP contribution in [0, 0.1) is 0 Å². The van der Waals surface area contributed by atoms with Crippen molar-refractivity contribution < 1.29 is 13.2 Å². The molecule has 27 heavy (non-hydrogen) atoms. The van der Waals surface area contributed by atoms with Gasteiger partial charge in [-0.2, -0.15) is 4.31 Å². The quantitative estimate of drug-likeness (QED) is 0.793. The van der Waals surface area contributed by atoms with Crippen molar-refractivity contribution in [1.29, 1.82) is 0 Å². The second kappa shape index (κ2) is 7.18. The molecule has 2 aromatic rings. The van der Waals surface area contributed by atoms with Crippen LogP contribution in [0.1, 0.15) is 29.4 Å². The van der Waals surface area contributed by atoms with E-state index >= 15 is 0 Å². The molecule has 1 saturated heterocycles. The van der Waals surface area contributed by atoms with Gasteiger partial charge >= 0.3 is 0 Å². The molecule has 0 N–H and O–H groups in total. The molecule has 144 valence electrons. The van der Waals surface area contributed by atoms with Crippen molar-refractivity contribution in [1.82, 2.24) is 19.2 Å². The van der Waals surface area contributed by atoms with E-state index in [1.54, 1.807) is 31.4 Å². The number of hydrogen-bond acceptors (Lipinski definition) is 6. The van der Waals surface area contributed by atoms with Crippen molar-refractivity contribution in [2.75, 3.05) is 33.8 Å². The van der Waals surface area contributed by atoms with Crippen molar-refractivity contribution >= 4 is 10.0 Å². The van der Waals surface area contributed by atoms with E-state index in [-0.39, 0.29) is 5.92 Å². The van der Waals surface area contributed by atoms with Gasteiger partial charge in [-0.1, -0.05) is 0 Å². The van der Waals surface area contributed by atoms with Crippen molar-refractivity contribution in [2.24, 2.45) is 0 Å². The second-order valence-corrected chi connectivity index (χ2v) is 9.15. The number of ether oxygens (including phenoxy) is 1. The molecule has 2 aliphatic heterocycles. The van der Waals surface area contributed by atoms with Crippen LogP contribution in [0.4, 0.5) is 0 Å². The van der Waals surface area contributed by atoms with E-state index in [0.29, 0.717) is 23.7 Å². The summed E-state index contributed by atoms with van der Waals surface area (Å²) in [5.74, 6) is 1.45. The van der Waals surface area contributed by atoms with Crippen LogP contribution in [0.25, 0.3) is 0 Å². The lowest BCUT2D eigenvalue weighted by atomic mass is 10.1. The molecule has 8 heteroatoms. The Morgan fingerprint density at radius 2 is 1.96 bits per heavy atom. The first kappa shape index (κ1) is 18.3. The Morgan fingerprint density at radius 3 is 2.70 bits per heavy atom. The number of aromatic nitrogens is 2. The van der Waals surface area contributed by atoms with Gasteiger partial charge in [0.1, 0.15) is 11.6 Å². The van der Waals surface area contributed by atoms with Gasteiger partial charge in [0, 0.05) is 56.0 Å². The van der Waals surface area contributed by atoms with Gasteiger partial charge in [0.05, 0.1) is 12.0 Å². The van der Waals surface area contributed by atoms with E-state index in [2.05, 4.69) is 16.9 Å². The Balaban J connectivity index is 1.51. The maximum Gasteiger partial charge on any atom is 0.243 e. The predicted octanol–water partition coefficient (Wildman–Crippen LogP) is 1.65. The van der Waals surface area contributed by atoms with Gasteiger partial charge in [0.25, 0.3) is 0 Å². The van der Waals surface area contributed by atoms with E-state index in [1.165, 1.54) is 9.87 Å². The zero-order chi connectivity index (χ0) is 19.0. The van der Waals surface area contributed by atoms with Crippen LogP contribution >= 0.6 is 0 Å². The molecule has 0 radical (unpaired) electrons. The van der Waals surface area contributed by atoms with E-state index < -0.39 is 10.0 Å². The highest BCUT2D eigenvalue weighted by molar-refractivity contribution is 7.89. The highest BCUT2D eigenvalue weighted by Gasteiger charge is 2.34. The minimum atomic E-state index is -3.51. The summed E-state index contributed by atoms with van der Waals surface area (Å²) >= 11 is 0. The zero-order valence-corrected chi connectivity index (χ0v) is 16.4. The van der Waals surface area contributed by atoms with Crippen molar-refractivity contribution in [3.63, 3.8) is 0 Å². The molecule has 0 unspecified atom stereocenters. The average Bonchev–Trinajstić information content (AvgIpc) is 3.19. The van der Waals surface area contributed by atoms with Crippen LogP contribution in [0.15, 0.2) is 35.4 Å². The SMILES string of the molecule is COc1ccc(S(=O)(=O)N2CC[C@H](c3ncc4c(n3)CCN(C)C4)C2)cc1. The third-order valence-electron chi connectivity index (χ3n) is 5.36. The van der Waals surface area contributed by atoms with Gasteiger partial charge < -0.3 is 9.64 Å². The van der Waals surface area contributed by atoms with Gasteiger partial charge in [-0.3, -0.25) is 0 Å². The lowest BCUT2D eigenvalue weighted by Gasteiger charge is -2.24. The first-order valence-electron chi connectivity index (χ1n) is 9.15. The lowest BCUT2D eigenvalue weighted by Crippen LogP contribution is -2.29. The van der Waals surface area contributed by atoms with E-state index in [4.69, 9.17) is 9.72 Å². The predicted molar refractivity (Wildman–Crippen MR) is 101 cm³/mol. The maximum absolute atomic E-state index is 12.9. The van der Waals surface area contributed by atoms with Crippen LogP contribution in [-0.4, -0.2) is 61.4 Å². The first-order chi connectivity index (χ1) is 13.0. The third kappa shape index (κ3) is 3.56. The van der Waals surface area contributed by atoms with Crippen molar-refractivity contribution in [3.8, 4) is 5.75 Å². The Kier molecular flexibility index (Phi) is 4.88. The summed E-state index contributed by atoms with van der Waals surface area (Å²) in [6.45, 7) is 2.78. The molecule has 4 rings (SSSR count). The number of likely N-dealkylation sites (N-methyl/N-ethyl adjacent to an activating group) is 1. The monoisotopic (exact) mass is 388 g/mol. The summed E-state index contributed by atoms with van der Waals surface area (Å²) < 4.78 is 32.5. The van der Waals surface area contributed by atoms with Gasteiger partial charge in [-0.15, -0.1) is 0 Å². The summed E-state index contributed by atoms with van der Waals surface area (Å²) in [6.07, 6.45) is 3.57. The molecule has 1 aromatic carbocycles. The fraction of sp³-hybridized carbons (Fsp3) is 0.474. The van der Waals surface area contributed by atoms with Gasteiger partial charge in [-0.05, 0) is 37.7 Å². The Bertz CT molecular complexity index is 930. The van der Waals surface area contributed by atoms with E-state index in [1.807, 2.05) is 6.20 Å². The summed E-state index contributed by atoms with van der Waals surface area (Å²) in [5, 5.41) is 0. The molecule has 0 bridgehead atoms. The molecule has 0 aliphatic carbocycles. The summed E-state index contributed by atoms with van der Waals surface area (Å²) in [5.41, 5.74) is 2.28.